The van der Waals surface area contributed by atoms with Gasteiger partial charge in [-0.1, -0.05) is 0 Å². The maximum absolute atomic E-state index is 13.3. The van der Waals surface area contributed by atoms with Gasteiger partial charge in [0.2, 0.25) is 0 Å². The van der Waals surface area contributed by atoms with Crippen LogP contribution < -0.4 is 5.32 Å². The second-order valence-electron chi connectivity index (χ2n) is 7.09. The van der Waals surface area contributed by atoms with Crippen LogP contribution in [0.1, 0.15) is 42.9 Å². The smallest absolute Gasteiger partial charge is 0.133 e. The Hall–Kier alpha value is -1.88. The van der Waals surface area contributed by atoms with Crippen LogP contribution in [-0.2, 0) is 6.42 Å². The number of halogens is 1. The molecule has 2 aliphatic rings. The summed E-state index contributed by atoms with van der Waals surface area (Å²) in [6.07, 6.45) is 5.90. The normalized spacial score (nSPS) is 21.8. The Morgan fingerprint density at radius 1 is 1.17 bits per heavy atom. The molecule has 1 fully saturated rings. The number of aromatic nitrogens is 2. The van der Waals surface area contributed by atoms with E-state index >= 15 is 0 Å². The van der Waals surface area contributed by atoms with Gasteiger partial charge in [0.05, 0.1) is 11.4 Å². The first-order valence-electron chi connectivity index (χ1n) is 9.02. The van der Waals surface area contributed by atoms with Crippen LogP contribution in [0.4, 0.5) is 10.2 Å². The Kier molecular flexibility index (Phi) is 4.27. The molecular formula is C19H25FN4. The molecule has 1 N–H and O–H groups in total. The molecule has 3 heterocycles. The summed E-state index contributed by atoms with van der Waals surface area (Å²) in [7, 11) is 2.19. The molecule has 4 rings (SSSR count). The monoisotopic (exact) mass is 328 g/mol. The Bertz CT molecular complexity index is 707. The van der Waals surface area contributed by atoms with Gasteiger partial charge in [0, 0.05) is 24.6 Å². The molecule has 1 atom stereocenters. The highest BCUT2D eigenvalue weighted by molar-refractivity contribution is 5.55. The number of piperidine rings is 1. The molecule has 0 bridgehead atoms. The summed E-state index contributed by atoms with van der Waals surface area (Å²) in [4.78, 5) is 2.40. The zero-order valence-corrected chi connectivity index (χ0v) is 14.3. The Balaban J connectivity index is 1.78. The topological polar surface area (TPSA) is 33.1 Å². The molecule has 5 heteroatoms. The van der Waals surface area contributed by atoms with E-state index in [1.165, 1.54) is 55.6 Å². The lowest BCUT2D eigenvalue weighted by atomic mass is 9.91. The van der Waals surface area contributed by atoms with Crippen molar-refractivity contribution in [3.05, 3.63) is 41.3 Å². The van der Waals surface area contributed by atoms with Gasteiger partial charge in [0.25, 0.3) is 0 Å². The van der Waals surface area contributed by atoms with Gasteiger partial charge in [0.1, 0.15) is 11.6 Å². The van der Waals surface area contributed by atoms with Gasteiger partial charge in [-0.25, -0.2) is 9.07 Å². The van der Waals surface area contributed by atoms with Crippen molar-refractivity contribution in [3.63, 3.8) is 0 Å². The first kappa shape index (κ1) is 15.6. The molecule has 0 radical (unpaired) electrons. The number of fused-ring (bicyclic) bond motifs is 1. The molecule has 0 aliphatic carbocycles. The maximum atomic E-state index is 13.3. The first-order chi connectivity index (χ1) is 11.7. The molecule has 0 saturated carbocycles. The zero-order valence-electron chi connectivity index (χ0n) is 14.3. The molecule has 128 valence electrons. The molecule has 0 spiro atoms. The minimum atomic E-state index is -0.209. The molecule has 2 aromatic rings. The van der Waals surface area contributed by atoms with Crippen molar-refractivity contribution < 1.29 is 4.39 Å². The van der Waals surface area contributed by atoms with E-state index in [1.54, 1.807) is 0 Å². The average Bonchev–Trinajstić information content (AvgIpc) is 2.77. The van der Waals surface area contributed by atoms with Crippen molar-refractivity contribution in [2.24, 2.45) is 0 Å². The van der Waals surface area contributed by atoms with Gasteiger partial charge in [-0.2, -0.15) is 5.10 Å². The molecule has 4 nitrogen and oxygen atoms in total. The van der Waals surface area contributed by atoms with Crippen LogP contribution in [0, 0.1) is 5.82 Å². The van der Waals surface area contributed by atoms with Crippen LogP contribution in [0.25, 0.3) is 5.69 Å². The largest absolute Gasteiger partial charge is 0.370 e. The second-order valence-corrected chi connectivity index (χ2v) is 7.09. The third-order valence-electron chi connectivity index (χ3n) is 5.24. The number of nitrogens with one attached hydrogen (secondary N) is 1. The number of likely N-dealkylation sites (tertiary alicyclic amines) is 1. The van der Waals surface area contributed by atoms with Gasteiger partial charge < -0.3 is 10.2 Å². The summed E-state index contributed by atoms with van der Waals surface area (Å²) in [5.74, 6) is 1.40. The Morgan fingerprint density at radius 2 is 2.00 bits per heavy atom. The summed E-state index contributed by atoms with van der Waals surface area (Å²) in [5, 5.41) is 8.57. The van der Waals surface area contributed by atoms with Crippen LogP contribution in [0.15, 0.2) is 24.3 Å². The fourth-order valence-electron chi connectivity index (χ4n) is 4.02. The third-order valence-corrected chi connectivity index (χ3v) is 5.24. The molecule has 2 aliphatic heterocycles. The van der Waals surface area contributed by atoms with Crippen molar-refractivity contribution in [1.29, 1.82) is 0 Å². The van der Waals surface area contributed by atoms with E-state index in [4.69, 9.17) is 5.10 Å². The lowest BCUT2D eigenvalue weighted by Gasteiger charge is -2.29. The number of likely N-dealkylation sites (N-methyl/N-ethyl adjacent to an activating group) is 1. The van der Waals surface area contributed by atoms with E-state index in [-0.39, 0.29) is 5.82 Å². The Morgan fingerprint density at radius 3 is 2.79 bits per heavy atom. The highest BCUT2D eigenvalue weighted by Gasteiger charge is 2.28. The number of nitrogens with zero attached hydrogens (tertiary/aromatic N) is 3. The maximum Gasteiger partial charge on any atom is 0.133 e. The van der Waals surface area contributed by atoms with Crippen LogP contribution >= 0.6 is 0 Å². The quantitative estimate of drug-likeness (QED) is 0.915. The summed E-state index contributed by atoms with van der Waals surface area (Å²) in [5.41, 5.74) is 3.55. The predicted octanol–water partition coefficient (Wildman–Crippen LogP) is 3.57. The molecule has 1 unspecified atom stereocenters. The fourth-order valence-corrected chi connectivity index (χ4v) is 4.02. The third kappa shape index (κ3) is 2.93. The SMILES string of the molecule is CN1CCCC(c2nn(-c3ccc(F)cc3)c3c2CCCCN3)C1. The first-order valence-corrected chi connectivity index (χ1v) is 9.02. The van der Waals surface area contributed by atoms with Crippen LogP contribution in [0.5, 0.6) is 0 Å². The van der Waals surface area contributed by atoms with Gasteiger partial charge in [0.15, 0.2) is 0 Å². The fraction of sp³-hybridized carbons (Fsp3) is 0.526. The molecular weight excluding hydrogens is 303 g/mol. The van der Waals surface area contributed by atoms with Gasteiger partial charge >= 0.3 is 0 Å². The van der Waals surface area contributed by atoms with E-state index in [0.29, 0.717) is 5.92 Å². The van der Waals surface area contributed by atoms with E-state index in [9.17, 15) is 4.39 Å². The molecule has 0 amide bonds. The second kappa shape index (κ2) is 6.55. The van der Waals surface area contributed by atoms with Crippen LogP contribution in [0.3, 0.4) is 0 Å². The minimum absolute atomic E-state index is 0.209. The van der Waals surface area contributed by atoms with E-state index in [0.717, 1.165) is 31.0 Å². The van der Waals surface area contributed by atoms with E-state index in [2.05, 4.69) is 17.3 Å². The highest BCUT2D eigenvalue weighted by Crippen LogP contribution is 2.35. The number of rotatable bonds is 2. The Labute approximate surface area is 142 Å². The van der Waals surface area contributed by atoms with E-state index < -0.39 is 0 Å². The van der Waals surface area contributed by atoms with Gasteiger partial charge in [-0.05, 0) is 70.0 Å². The van der Waals surface area contributed by atoms with E-state index in [1.807, 2.05) is 16.8 Å². The van der Waals surface area contributed by atoms with Crippen LogP contribution in [-0.4, -0.2) is 41.4 Å². The lowest BCUT2D eigenvalue weighted by Crippen LogP contribution is -2.31. The number of hydrogen-bond acceptors (Lipinski definition) is 3. The summed E-state index contributed by atoms with van der Waals surface area (Å²) in [6.45, 7) is 3.23. The zero-order chi connectivity index (χ0) is 16.5. The van der Waals surface area contributed by atoms with Gasteiger partial charge in [-0.3, -0.25) is 0 Å². The predicted molar refractivity (Wildman–Crippen MR) is 94.4 cm³/mol. The van der Waals surface area contributed by atoms with Gasteiger partial charge in [-0.15, -0.1) is 0 Å². The highest BCUT2D eigenvalue weighted by atomic mass is 19.1. The molecule has 24 heavy (non-hydrogen) atoms. The minimum Gasteiger partial charge on any atom is -0.370 e. The molecule has 1 aromatic carbocycles. The molecule has 1 aromatic heterocycles. The summed E-state index contributed by atoms with van der Waals surface area (Å²) in [6, 6.07) is 6.64. The van der Waals surface area contributed by atoms with Crippen molar-refractivity contribution in [1.82, 2.24) is 14.7 Å². The molecule has 1 saturated heterocycles. The van der Waals surface area contributed by atoms with Crippen molar-refractivity contribution >= 4 is 5.82 Å². The van der Waals surface area contributed by atoms with Crippen molar-refractivity contribution in [2.75, 3.05) is 32.0 Å². The number of anilines is 1. The lowest BCUT2D eigenvalue weighted by molar-refractivity contribution is 0.247. The summed E-state index contributed by atoms with van der Waals surface area (Å²) < 4.78 is 15.3. The average molecular weight is 328 g/mol. The standard InChI is InChI=1S/C19H25FN4/c1-23-12-4-5-14(13-23)18-17-6-2-3-11-21-19(17)24(22-18)16-9-7-15(20)8-10-16/h7-10,14,21H,2-6,11-13H2,1H3. The van der Waals surface area contributed by atoms with Crippen molar-refractivity contribution in [3.8, 4) is 5.69 Å². The number of hydrogen-bond donors (Lipinski definition) is 1. The number of benzene rings is 1. The summed E-state index contributed by atoms with van der Waals surface area (Å²) >= 11 is 0. The van der Waals surface area contributed by atoms with Crippen molar-refractivity contribution in [2.45, 2.75) is 38.0 Å². The van der Waals surface area contributed by atoms with Crippen LogP contribution in [0.2, 0.25) is 0 Å².